The molecular formula is C76H48BN6O4. The van der Waals surface area contributed by atoms with Gasteiger partial charge in [0, 0.05) is 43.4 Å². The molecule has 6 heterocycles. The highest BCUT2D eigenvalue weighted by atomic mass is 16.4. The summed E-state index contributed by atoms with van der Waals surface area (Å²) in [7, 11) is 0. The van der Waals surface area contributed by atoms with Gasteiger partial charge in [0.05, 0.1) is 22.1 Å². The monoisotopic (exact) mass is 1120 g/mol. The summed E-state index contributed by atoms with van der Waals surface area (Å²) in [5.74, 6) is 1.24. The fourth-order valence-electron chi connectivity index (χ4n) is 12.6. The van der Waals surface area contributed by atoms with Crippen LogP contribution in [0.15, 0.2) is 288 Å². The van der Waals surface area contributed by atoms with E-state index in [1.165, 1.54) is 43.8 Å². The Morgan fingerprint density at radius 1 is 0.287 bits per heavy atom. The van der Waals surface area contributed by atoms with Gasteiger partial charge in [-0.15, -0.1) is 0 Å². The van der Waals surface area contributed by atoms with Gasteiger partial charge in [-0.2, -0.15) is 0 Å². The molecular weight excluding hydrogens is 1070 g/mol. The molecule has 12 aromatic carbocycles. The zero-order chi connectivity index (χ0) is 58.0. The molecule has 0 bridgehead atoms. The van der Waals surface area contributed by atoms with Crippen molar-refractivity contribution in [2.75, 3.05) is 0 Å². The van der Waals surface area contributed by atoms with Crippen LogP contribution in [0.5, 0.6) is 0 Å². The Bertz CT molecular complexity index is 5320. The zero-order valence-electron chi connectivity index (χ0n) is 46.5. The van der Waals surface area contributed by atoms with E-state index in [1.54, 1.807) is 0 Å². The SMILES string of the molecule is O[B]O.c1ccc(-c2nc(-n3c4ccccc4c4cc(-c5cccc6ccccc56)ccc43)nc3c2oc2ccccc23)cc1.c1ccc(-c2nc(-n3c4ccccc4c4cc(-c5cccc6ccccc56)ccc43)nc3c2oc2ccccc23)cc1. The Morgan fingerprint density at radius 2 is 0.632 bits per heavy atom. The highest BCUT2D eigenvalue weighted by molar-refractivity contribution is 6.15. The van der Waals surface area contributed by atoms with Gasteiger partial charge >= 0.3 is 7.69 Å². The summed E-state index contributed by atoms with van der Waals surface area (Å²) in [6.45, 7) is 0. The van der Waals surface area contributed by atoms with Gasteiger partial charge in [0.1, 0.15) is 33.6 Å². The fraction of sp³-hybridized carbons (Fsp3) is 0. The van der Waals surface area contributed by atoms with E-state index in [0.717, 1.165) is 99.1 Å². The molecule has 0 saturated heterocycles. The van der Waals surface area contributed by atoms with Crippen molar-refractivity contribution in [2.24, 2.45) is 0 Å². The summed E-state index contributed by atoms with van der Waals surface area (Å²) in [6, 6.07) is 97.1. The summed E-state index contributed by atoms with van der Waals surface area (Å²) >= 11 is 0. The minimum Gasteiger partial charge on any atom is -0.452 e. The second-order valence-corrected chi connectivity index (χ2v) is 21.4. The summed E-state index contributed by atoms with van der Waals surface area (Å²) < 4.78 is 17.1. The normalized spacial score (nSPS) is 11.6. The molecule has 0 spiro atoms. The van der Waals surface area contributed by atoms with Crippen LogP contribution in [0.4, 0.5) is 0 Å². The first kappa shape index (κ1) is 51.2. The first-order valence-corrected chi connectivity index (χ1v) is 28.7. The maximum Gasteiger partial charge on any atom is 0.482 e. The Balaban J connectivity index is 0.000000135. The average Bonchev–Trinajstić information content (AvgIpc) is 1.69. The summed E-state index contributed by atoms with van der Waals surface area (Å²) in [4.78, 5) is 20.7. The van der Waals surface area contributed by atoms with Crippen LogP contribution in [0.3, 0.4) is 0 Å². The first-order valence-electron chi connectivity index (χ1n) is 28.7. The van der Waals surface area contributed by atoms with Crippen LogP contribution in [0, 0.1) is 0 Å². The molecule has 1 radical (unpaired) electrons. The van der Waals surface area contributed by atoms with Gasteiger partial charge in [-0.25, -0.2) is 19.9 Å². The smallest absolute Gasteiger partial charge is 0.452 e. The number of benzene rings is 12. The van der Waals surface area contributed by atoms with Crippen LogP contribution in [-0.2, 0) is 0 Å². The molecule has 11 heteroatoms. The second-order valence-electron chi connectivity index (χ2n) is 21.4. The van der Waals surface area contributed by atoms with Crippen LogP contribution in [0.1, 0.15) is 0 Å². The predicted octanol–water partition coefficient (Wildman–Crippen LogP) is 18.4. The number of fused-ring (bicyclic) bond motifs is 14. The molecule has 0 amide bonds. The van der Waals surface area contributed by atoms with Crippen molar-refractivity contribution in [3.05, 3.63) is 279 Å². The van der Waals surface area contributed by atoms with Gasteiger partial charge in [0.2, 0.25) is 11.9 Å². The van der Waals surface area contributed by atoms with E-state index in [-0.39, 0.29) is 7.69 Å². The number of rotatable bonds is 6. The molecule has 0 saturated carbocycles. The number of furan rings is 2. The van der Waals surface area contributed by atoms with E-state index >= 15 is 0 Å². The Labute approximate surface area is 498 Å². The van der Waals surface area contributed by atoms with Crippen molar-refractivity contribution in [3.63, 3.8) is 0 Å². The maximum atomic E-state index is 7.00. The first-order chi connectivity index (χ1) is 43.1. The van der Waals surface area contributed by atoms with Crippen molar-refractivity contribution in [1.29, 1.82) is 0 Å². The summed E-state index contributed by atoms with van der Waals surface area (Å²) in [5, 5.41) is 25.6. The van der Waals surface area contributed by atoms with E-state index in [4.69, 9.17) is 38.8 Å². The lowest BCUT2D eigenvalue weighted by molar-refractivity contribution is 0.448. The number of hydrogen-bond acceptors (Lipinski definition) is 8. The number of hydrogen-bond donors (Lipinski definition) is 2. The molecule has 409 valence electrons. The van der Waals surface area contributed by atoms with Crippen LogP contribution < -0.4 is 0 Å². The topological polar surface area (TPSA) is 128 Å². The van der Waals surface area contributed by atoms with Gasteiger partial charge in [0.15, 0.2) is 11.2 Å². The molecule has 10 nitrogen and oxygen atoms in total. The van der Waals surface area contributed by atoms with Crippen LogP contribution >= 0.6 is 0 Å². The third kappa shape index (κ3) is 8.67. The van der Waals surface area contributed by atoms with Gasteiger partial charge in [-0.3, -0.25) is 9.13 Å². The average molecular weight is 1120 g/mol. The molecule has 0 fully saturated rings. The molecule has 18 aromatic rings. The lowest BCUT2D eigenvalue weighted by atomic mass is 9.97. The van der Waals surface area contributed by atoms with Gasteiger partial charge in [0.25, 0.3) is 0 Å². The van der Waals surface area contributed by atoms with Crippen molar-refractivity contribution >= 4 is 117 Å². The van der Waals surface area contributed by atoms with Crippen LogP contribution in [0.2, 0.25) is 0 Å². The zero-order valence-corrected chi connectivity index (χ0v) is 46.5. The van der Waals surface area contributed by atoms with Crippen molar-refractivity contribution in [1.82, 2.24) is 29.1 Å². The molecule has 0 aliphatic heterocycles. The molecule has 0 unspecified atom stereocenters. The Hall–Kier alpha value is -11.5. The van der Waals surface area contributed by atoms with Crippen molar-refractivity contribution in [3.8, 4) is 56.7 Å². The van der Waals surface area contributed by atoms with E-state index in [1.807, 2.05) is 72.8 Å². The third-order valence-electron chi connectivity index (χ3n) is 16.5. The molecule has 0 aliphatic carbocycles. The number of aromatic nitrogens is 6. The molecule has 2 N–H and O–H groups in total. The van der Waals surface area contributed by atoms with Gasteiger partial charge < -0.3 is 18.9 Å². The Morgan fingerprint density at radius 3 is 1.07 bits per heavy atom. The Kier molecular flexibility index (Phi) is 12.5. The fourth-order valence-corrected chi connectivity index (χ4v) is 12.6. The van der Waals surface area contributed by atoms with Crippen molar-refractivity contribution in [2.45, 2.75) is 0 Å². The molecule has 0 aliphatic rings. The van der Waals surface area contributed by atoms with Gasteiger partial charge in [-0.05, 0) is 104 Å². The number of nitrogens with zero attached hydrogens (tertiary/aromatic N) is 6. The minimum absolute atomic E-state index is 0. The van der Waals surface area contributed by atoms with Crippen molar-refractivity contribution < 1.29 is 18.9 Å². The van der Waals surface area contributed by atoms with Crippen LogP contribution in [0.25, 0.3) is 166 Å². The third-order valence-corrected chi connectivity index (χ3v) is 16.5. The maximum absolute atomic E-state index is 7.00. The van der Waals surface area contributed by atoms with Gasteiger partial charge in [-0.1, -0.05) is 218 Å². The molecule has 18 rings (SSSR count). The molecule has 87 heavy (non-hydrogen) atoms. The lowest BCUT2D eigenvalue weighted by Gasteiger charge is -2.10. The van der Waals surface area contributed by atoms with E-state index in [0.29, 0.717) is 23.1 Å². The highest BCUT2D eigenvalue weighted by Gasteiger charge is 2.24. The molecule has 6 aromatic heterocycles. The highest BCUT2D eigenvalue weighted by Crippen LogP contribution is 2.42. The molecule has 0 atom stereocenters. The summed E-state index contributed by atoms with van der Waals surface area (Å²) in [5.41, 5.74) is 17.2. The van der Waals surface area contributed by atoms with E-state index in [2.05, 4.69) is 215 Å². The largest absolute Gasteiger partial charge is 0.482 e. The minimum atomic E-state index is 0. The number of para-hydroxylation sites is 4. The van der Waals surface area contributed by atoms with Crippen LogP contribution in [-0.4, -0.2) is 46.8 Å². The lowest BCUT2D eigenvalue weighted by Crippen LogP contribution is -2.02. The van der Waals surface area contributed by atoms with E-state index < -0.39 is 0 Å². The summed E-state index contributed by atoms with van der Waals surface area (Å²) in [6.07, 6.45) is 0. The van der Waals surface area contributed by atoms with E-state index in [9.17, 15) is 0 Å². The second kappa shape index (κ2) is 21.3. The predicted molar refractivity (Wildman–Crippen MR) is 354 cm³/mol. The quantitative estimate of drug-likeness (QED) is 0.158. The standard InChI is InChI=1S/2C38H23N3O.BH2O2/c2*1-2-12-25(13-3-1)35-37-36(30-17-7-9-20-34(30)42-37)40-38(39-35)41-32-19-8-6-16-29(32)31-23-26(21-22-33(31)41)28-18-10-14-24-11-4-5-15-27(24)28;2-1-3/h2*1-23H;2-3H.